The smallest absolute Gasteiger partial charge is 0.321 e. The number of nitrogens with one attached hydrogen (secondary N) is 2. The van der Waals surface area contributed by atoms with Crippen LogP contribution in [0.3, 0.4) is 0 Å². The molecule has 2 saturated heterocycles. The lowest BCUT2D eigenvalue weighted by Gasteiger charge is -2.40. The van der Waals surface area contributed by atoms with Crippen molar-refractivity contribution < 1.29 is 19.1 Å². The fourth-order valence-electron chi connectivity index (χ4n) is 3.49. The number of hydrogen-bond acceptors (Lipinski definition) is 4. The minimum atomic E-state index is -0.140. The SMILES string of the molecule is COc1ccc(NC(=O)N2CCC(N3CCCNC3=O)CC2)cc1OC. The number of nitrogens with zero attached hydrogens (tertiary/aromatic N) is 2. The average Bonchev–Trinajstić information content (AvgIpc) is 2.68. The molecule has 26 heavy (non-hydrogen) atoms. The highest BCUT2D eigenvalue weighted by atomic mass is 16.5. The summed E-state index contributed by atoms with van der Waals surface area (Å²) in [7, 11) is 3.13. The van der Waals surface area contributed by atoms with E-state index in [1.165, 1.54) is 0 Å². The van der Waals surface area contributed by atoms with Crippen molar-refractivity contribution in [3.63, 3.8) is 0 Å². The molecule has 8 nitrogen and oxygen atoms in total. The first-order valence-corrected chi connectivity index (χ1v) is 8.95. The van der Waals surface area contributed by atoms with Crippen molar-refractivity contribution in [3.05, 3.63) is 18.2 Å². The number of rotatable bonds is 4. The summed E-state index contributed by atoms with van der Waals surface area (Å²) in [5.41, 5.74) is 0.658. The number of amides is 4. The molecule has 0 spiro atoms. The van der Waals surface area contributed by atoms with Gasteiger partial charge in [0.15, 0.2) is 11.5 Å². The van der Waals surface area contributed by atoms with Crippen molar-refractivity contribution in [1.29, 1.82) is 0 Å². The minimum Gasteiger partial charge on any atom is -0.493 e. The molecule has 142 valence electrons. The second-order valence-electron chi connectivity index (χ2n) is 6.50. The molecule has 2 fully saturated rings. The van der Waals surface area contributed by atoms with E-state index in [1.54, 1.807) is 37.3 Å². The van der Waals surface area contributed by atoms with Crippen LogP contribution < -0.4 is 20.1 Å². The quantitative estimate of drug-likeness (QED) is 0.859. The van der Waals surface area contributed by atoms with Gasteiger partial charge < -0.3 is 29.9 Å². The maximum Gasteiger partial charge on any atom is 0.321 e. The predicted molar refractivity (Wildman–Crippen MR) is 97.9 cm³/mol. The summed E-state index contributed by atoms with van der Waals surface area (Å²) in [5.74, 6) is 1.19. The summed E-state index contributed by atoms with van der Waals surface area (Å²) in [6, 6.07) is 5.37. The van der Waals surface area contributed by atoms with Crippen LogP contribution in [-0.2, 0) is 0 Å². The first-order valence-electron chi connectivity index (χ1n) is 8.95. The number of benzene rings is 1. The number of hydrogen-bond donors (Lipinski definition) is 2. The molecule has 2 aliphatic rings. The highest BCUT2D eigenvalue weighted by Crippen LogP contribution is 2.30. The third-order valence-electron chi connectivity index (χ3n) is 4.94. The second kappa shape index (κ2) is 8.16. The van der Waals surface area contributed by atoms with E-state index in [2.05, 4.69) is 10.6 Å². The molecule has 0 aromatic heterocycles. The molecule has 4 amide bonds. The topological polar surface area (TPSA) is 83.1 Å². The number of piperidine rings is 1. The van der Waals surface area contributed by atoms with Gasteiger partial charge in [-0.05, 0) is 31.4 Å². The number of urea groups is 2. The molecule has 1 aromatic carbocycles. The lowest BCUT2D eigenvalue weighted by atomic mass is 10.0. The monoisotopic (exact) mass is 362 g/mol. The number of methoxy groups -OCH3 is 2. The molecule has 0 aliphatic carbocycles. The average molecular weight is 362 g/mol. The lowest BCUT2D eigenvalue weighted by Crippen LogP contribution is -2.55. The largest absolute Gasteiger partial charge is 0.493 e. The molecule has 2 heterocycles. The fourth-order valence-corrected chi connectivity index (χ4v) is 3.49. The zero-order valence-electron chi connectivity index (χ0n) is 15.3. The van der Waals surface area contributed by atoms with Crippen LogP contribution in [0.5, 0.6) is 11.5 Å². The Bertz CT molecular complexity index is 659. The van der Waals surface area contributed by atoms with Gasteiger partial charge in [-0.2, -0.15) is 0 Å². The Hall–Kier alpha value is -2.64. The molecular weight excluding hydrogens is 336 g/mol. The maximum absolute atomic E-state index is 12.5. The molecule has 0 unspecified atom stereocenters. The Morgan fingerprint density at radius 3 is 2.54 bits per heavy atom. The van der Waals surface area contributed by atoms with Crippen LogP contribution in [0.1, 0.15) is 19.3 Å². The van der Waals surface area contributed by atoms with E-state index in [4.69, 9.17) is 9.47 Å². The van der Waals surface area contributed by atoms with Gasteiger partial charge in [0.2, 0.25) is 0 Å². The summed E-state index contributed by atoms with van der Waals surface area (Å²) in [4.78, 5) is 28.2. The third kappa shape index (κ3) is 3.95. The Kier molecular flexibility index (Phi) is 5.70. The zero-order chi connectivity index (χ0) is 18.5. The van der Waals surface area contributed by atoms with E-state index in [-0.39, 0.29) is 18.1 Å². The summed E-state index contributed by atoms with van der Waals surface area (Å²) >= 11 is 0. The second-order valence-corrected chi connectivity index (χ2v) is 6.50. The van der Waals surface area contributed by atoms with E-state index in [0.29, 0.717) is 30.3 Å². The number of anilines is 1. The van der Waals surface area contributed by atoms with Crippen LogP contribution in [0.4, 0.5) is 15.3 Å². The molecular formula is C18H26N4O4. The van der Waals surface area contributed by atoms with Crippen molar-refractivity contribution in [2.24, 2.45) is 0 Å². The number of carbonyl (C=O) groups excluding carboxylic acids is 2. The molecule has 3 rings (SSSR count). The number of likely N-dealkylation sites (tertiary alicyclic amines) is 1. The highest BCUT2D eigenvalue weighted by Gasteiger charge is 2.30. The van der Waals surface area contributed by atoms with E-state index in [1.807, 2.05) is 4.90 Å². The van der Waals surface area contributed by atoms with Gasteiger partial charge in [-0.1, -0.05) is 0 Å². The summed E-state index contributed by atoms with van der Waals surface area (Å²) < 4.78 is 10.5. The Morgan fingerprint density at radius 2 is 1.88 bits per heavy atom. The molecule has 2 N–H and O–H groups in total. The molecule has 0 bridgehead atoms. The van der Waals surface area contributed by atoms with Gasteiger partial charge in [0.25, 0.3) is 0 Å². The standard InChI is InChI=1S/C18H26N4O4/c1-25-15-5-4-13(12-16(15)26-2)20-18(24)21-10-6-14(7-11-21)22-9-3-8-19-17(22)23/h4-5,12,14H,3,6-11H2,1-2H3,(H,19,23)(H,20,24). The van der Waals surface area contributed by atoms with Gasteiger partial charge in [0.05, 0.1) is 14.2 Å². The van der Waals surface area contributed by atoms with Crippen LogP contribution in [0.25, 0.3) is 0 Å². The molecule has 0 saturated carbocycles. The molecule has 0 radical (unpaired) electrons. The van der Waals surface area contributed by atoms with Gasteiger partial charge in [-0.3, -0.25) is 0 Å². The third-order valence-corrected chi connectivity index (χ3v) is 4.94. The normalized spacial score (nSPS) is 18.3. The lowest BCUT2D eigenvalue weighted by molar-refractivity contribution is 0.122. The van der Waals surface area contributed by atoms with Gasteiger partial charge in [-0.15, -0.1) is 0 Å². The van der Waals surface area contributed by atoms with Crippen LogP contribution in [-0.4, -0.2) is 68.3 Å². The maximum atomic E-state index is 12.5. The summed E-state index contributed by atoms with van der Waals surface area (Å²) in [6.45, 7) is 2.82. The predicted octanol–water partition coefficient (Wildman–Crippen LogP) is 2.12. The Morgan fingerprint density at radius 1 is 1.15 bits per heavy atom. The van der Waals surface area contributed by atoms with Crippen molar-refractivity contribution in [2.45, 2.75) is 25.3 Å². The molecule has 8 heteroatoms. The van der Waals surface area contributed by atoms with E-state index in [9.17, 15) is 9.59 Å². The van der Waals surface area contributed by atoms with Gasteiger partial charge in [-0.25, -0.2) is 9.59 Å². The van der Waals surface area contributed by atoms with Crippen LogP contribution in [0, 0.1) is 0 Å². The van der Waals surface area contributed by atoms with E-state index in [0.717, 1.165) is 32.4 Å². The summed E-state index contributed by atoms with van der Waals surface area (Å²) in [5, 5.41) is 5.79. The molecule has 1 aromatic rings. The van der Waals surface area contributed by atoms with Gasteiger partial charge in [0, 0.05) is 44.0 Å². The Labute approximate surface area is 153 Å². The van der Waals surface area contributed by atoms with Crippen molar-refractivity contribution >= 4 is 17.7 Å². The van der Waals surface area contributed by atoms with Crippen molar-refractivity contribution in [2.75, 3.05) is 45.7 Å². The van der Waals surface area contributed by atoms with Gasteiger partial charge >= 0.3 is 12.1 Å². The zero-order valence-corrected chi connectivity index (χ0v) is 15.3. The van der Waals surface area contributed by atoms with Gasteiger partial charge in [0.1, 0.15) is 0 Å². The first-order chi connectivity index (χ1) is 12.6. The minimum absolute atomic E-state index is 0.0180. The fraction of sp³-hybridized carbons (Fsp3) is 0.556. The van der Waals surface area contributed by atoms with E-state index < -0.39 is 0 Å². The van der Waals surface area contributed by atoms with Crippen molar-refractivity contribution in [3.8, 4) is 11.5 Å². The van der Waals surface area contributed by atoms with E-state index >= 15 is 0 Å². The Balaban J connectivity index is 1.54. The number of carbonyl (C=O) groups is 2. The highest BCUT2D eigenvalue weighted by molar-refractivity contribution is 5.89. The van der Waals surface area contributed by atoms with Crippen LogP contribution in [0.15, 0.2) is 18.2 Å². The number of ether oxygens (including phenoxy) is 2. The van der Waals surface area contributed by atoms with Crippen LogP contribution in [0.2, 0.25) is 0 Å². The molecule has 2 aliphatic heterocycles. The first kappa shape index (κ1) is 18.2. The molecule has 0 atom stereocenters. The van der Waals surface area contributed by atoms with Crippen LogP contribution >= 0.6 is 0 Å². The summed E-state index contributed by atoms with van der Waals surface area (Å²) in [6.07, 6.45) is 2.57. The van der Waals surface area contributed by atoms with Crippen molar-refractivity contribution in [1.82, 2.24) is 15.1 Å².